The Morgan fingerprint density at radius 1 is 1.38 bits per heavy atom. The zero-order valence-electron chi connectivity index (χ0n) is 8.73. The van der Waals surface area contributed by atoms with Gasteiger partial charge in [0.25, 0.3) is 0 Å². The molecule has 0 N–H and O–H groups in total. The highest BCUT2D eigenvalue weighted by Crippen LogP contribution is 2.31. The number of nitrogens with zero attached hydrogens (tertiary/aromatic N) is 2. The summed E-state index contributed by atoms with van der Waals surface area (Å²) in [6, 6.07) is 3.66. The Kier molecular flexibility index (Phi) is 3.78. The first-order valence-electron chi connectivity index (χ1n) is 4.49. The van der Waals surface area contributed by atoms with Crippen LogP contribution in [0, 0.1) is 6.92 Å². The fourth-order valence-corrected chi connectivity index (χ4v) is 2.69. The predicted molar refractivity (Wildman–Crippen MR) is 66.4 cm³/mol. The lowest BCUT2D eigenvalue weighted by Crippen LogP contribution is -1.88. The lowest BCUT2D eigenvalue weighted by atomic mass is 10.5. The fourth-order valence-electron chi connectivity index (χ4n) is 1.11. The van der Waals surface area contributed by atoms with E-state index in [1.807, 2.05) is 19.2 Å². The van der Waals surface area contributed by atoms with Gasteiger partial charge in [0.15, 0.2) is 5.16 Å². The summed E-state index contributed by atoms with van der Waals surface area (Å²) in [5, 5.41) is 1.97. The van der Waals surface area contributed by atoms with Crippen LogP contribution in [0.25, 0.3) is 0 Å². The highest BCUT2D eigenvalue weighted by atomic mass is 35.5. The lowest BCUT2D eigenvalue weighted by Gasteiger charge is -2.01. The number of thioether (sulfide) groups is 1. The number of furan rings is 1. The van der Waals surface area contributed by atoms with E-state index in [9.17, 15) is 0 Å². The number of hydrogen-bond acceptors (Lipinski definition) is 5. The van der Waals surface area contributed by atoms with Gasteiger partial charge >= 0.3 is 0 Å². The van der Waals surface area contributed by atoms with Crippen LogP contribution >= 0.6 is 35.1 Å². The molecule has 0 amide bonds. The number of rotatable bonds is 3. The molecule has 84 valence electrons. The van der Waals surface area contributed by atoms with Gasteiger partial charge in [0.2, 0.25) is 0 Å². The van der Waals surface area contributed by atoms with Gasteiger partial charge in [-0.25, -0.2) is 9.97 Å². The third-order valence-corrected chi connectivity index (χ3v) is 3.66. The van der Waals surface area contributed by atoms with Gasteiger partial charge in [0.1, 0.15) is 15.9 Å². The summed E-state index contributed by atoms with van der Waals surface area (Å²) in [4.78, 5) is 9.48. The molecule has 0 saturated carbocycles. The van der Waals surface area contributed by atoms with Gasteiger partial charge < -0.3 is 4.42 Å². The van der Waals surface area contributed by atoms with Crippen LogP contribution in [0.15, 0.2) is 37.9 Å². The molecule has 0 radical (unpaired) electrons. The molecular weight excluding hydrogens is 264 g/mol. The second-order valence-corrected chi connectivity index (χ2v) is 5.18. The largest absolute Gasteiger partial charge is 0.468 e. The van der Waals surface area contributed by atoms with E-state index < -0.39 is 0 Å². The minimum atomic E-state index is 0.461. The first-order valence-corrected chi connectivity index (χ1v) is 6.91. The summed E-state index contributed by atoms with van der Waals surface area (Å²) in [7, 11) is 0. The van der Waals surface area contributed by atoms with Crippen molar-refractivity contribution in [3.63, 3.8) is 0 Å². The third-order valence-electron chi connectivity index (χ3n) is 1.86. The van der Waals surface area contributed by atoms with Gasteiger partial charge in [-0.2, -0.15) is 0 Å². The molecule has 0 spiro atoms. The van der Waals surface area contributed by atoms with E-state index in [1.165, 1.54) is 23.5 Å². The predicted octanol–water partition coefficient (Wildman–Crippen LogP) is 3.90. The standard InChI is InChI=1S/C10H9ClN2OS2/c1-6-7(3-4-14-6)16-9-5-8(11)12-10(13-9)15-2/h3-5H,1-2H3. The third kappa shape index (κ3) is 2.72. The second-order valence-electron chi connectivity index (χ2n) is 2.96. The Labute approximate surface area is 107 Å². The number of aromatic nitrogens is 2. The van der Waals surface area contributed by atoms with Gasteiger partial charge in [-0.15, -0.1) is 0 Å². The van der Waals surface area contributed by atoms with Crippen LogP contribution in [-0.2, 0) is 0 Å². The molecule has 0 atom stereocenters. The van der Waals surface area contributed by atoms with E-state index in [2.05, 4.69) is 9.97 Å². The van der Waals surface area contributed by atoms with Crippen LogP contribution < -0.4 is 0 Å². The smallest absolute Gasteiger partial charge is 0.189 e. The van der Waals surface area contributed by atoms with Crippen molar-refractivity contribution in [1.82, 2.24) is 9.97 Å². The maximum Gasteiger partial charge on any atom is 0.189 e. The molecule has 2 rings (SSSR count). The molecule has 0 aliphatic carbocycles. The molecule has 0 saturated heterocycles. The zero-order chi connectivity index (χ0) is 11.5. The van der Waals surface area contributed by atoms with Crippen LogP contribution in [-0.4, -0.2) is 16.2 Å². The van der Waals surface area contributed by atoms with E-state index in [0.29, 0.717) is 10.3 Å². The Morgan fingerprint density at radius 2 is 2.19 bits per heavy atom. The van der Waals surface area contributed by atoms with Crippen molar-refractivity contribution in [3.8, 4) is 0 Å². The molecule has 0 aromatic carbocycles. The number of halogens is 1. The van der Waals surface area contributed by atoms with Gasteiger partial charge in [-0.1, -0.05) is 35.1 Å². The molecule has 3 nitrogen and oxygen atoms in total. The van der Waals surface area contributed by atoms with Crippen LogP contribution in [0.2, 0.25) is 5.15 Å². The highest BCUT2D eigenvalue weighted by molar-refractivity contribution is 7.99. The van der Waals surface area contributed by atoms with Crippen molar-refractivity contribution in [2.45, 2.75) is 22.0 Å². The van der Waals surface area contributed by atoms with Crippen molar-refractivity contribution < 1.29 is 4.42 Å². The van der Waals surface area contributed by atoms with Gasteiger partial charge in [0, 0.05) is 6.07 Å². The average molecular weight is 273 g/mol. The molecule has 0 unspecified atom stereocenters. The molecule has 0 fully saturated rings. The van der Waals surface area contributed by atoms with Gasteiger partial charge in [0.05, 0.1) is 11.2 Å². The molecule has 0 bridgehead atoms. The van der Waals surface area contributed by atoms with Crippen LogP contribution in [0.4, 0.5) is 0 Å². The molecule has 2 aromatic rings. The summed E-state index contributed by atoms with van der Waals surface area (Å²) in [6.45, 7) is 1.92. The summed E-state index contributed by atoms with van der Waals surface area (Å²) < 4.78 is 5.22. The minimum absolute atomic E-state index is 0.461. The Hall–Kier alpha value is -0.650. The summed E-state index contributed by atoms with van der Waals surface area (Å²) in [6.07, 6.45) is 3.58. The second kappa shape index (κ2) is 5.12. The average Bonchev–Trinajstić information content (AvgIpc) is 2.63. The maximum absolute atomic E-state index is 5.91. The van der Waals surface area contributed by atoms with Gasteiger partial charge in [-0.05, 0) is 19.2 Å². The highest BCUT2D eigenvalue weighted by Gasteiger charge is 2.07. The fraction of sp³-hybridized carbons (Fsp3) is 0.200. The van der Waals surface area contributed by atoms with E-state index in [1.54, 1.807) is 12.3 Å². The molecule has 6 heteroatoms. The summed E-state index contributed by atoms with van der Waals surface area (Å²) in [5.74, 6) is 0.880. The summed E-state index contributed by atoms with van der Waals surface area (Å²) >= 11 is 8.90. The molecule has 2 aromatic heterocycles. The van der Waals surface area contributed by atoms with E-state index in [-0.39, 0.29) is 0 Å². The van der Waals surface area contributed by atoms with E-state index in [0.717, 1.165) is 15.7 Å². The molecule has 2 heterocycles. The number of hydrogen-bond donors (Lipinski definition) is 0. The van der Waals surface area contributed by atoms with E-state index in [4.69, 9.17) is 16.0 Å². The molecule has 0 aliphatic heterocycles. The number of aryl methyl sites for hydroxylation is 1. The Bertz CT molecular complexity index is 501. The van der Waals surface area contributed by atoms with E-state index >= 15 is 0 Å². The van der Waals surface area contributed by atoms with Crippen LogP contribution in [0.3, 0.4) is 0 Å². The summed E-state index contributed by atoms with van der Waals surface area (Å²) in [5.41, 5.74) is 0. The first-order chi connectivity index (χ1) is 7.69. The first kappa shape index (κ1) is 11.8. The molecular formula is C10H9ClN2OS2. The quantitative estimate of drug-likeness (QED) is 0.481. The van der Waals surface area contributed by atoms with Crippen LogP contribution in [0.5, 0.6) is 0 Å². The normalized spacial score (nSPS) is 10.7. The van der Waals surface area contributed by atoms with Crippen molar-refractivity contribution in [1.29, 1.82) is 0 Å². The van der Waals surface area contributed by atoms with Gasteiger partial charge in [-0.3, -0.25) is 0 Å². The van der Waals surface area contributed by atoms with Crippen molar-refractivity contribution in [3.05, 3.63) is 29.3 Å². The molecule has 0 aliphatic rings. The minimum Gasteiger partial charge on any atom is -0.468 e. The van der Waals surface area contributed by atoms with Crippen molar-refractivity contribution >= 4 is 35.1 Å². The molecule has 16 heavy (non-hydrogen) atoms. The Morgan fingerprint density at radius 3 is 2.81 bits per heavy atom. The maximum atomic E-state index is 5.91. The zero-order valence-corrected chi connectivity index (χ0v) is 11.1. The van der Waals surface area contributed by atoms with Crippen LogP contribution in [0.1, 0.15) is 5.76 Å². The van der Waals surface area contributed by atoms with Crippen molar-refractivity contribution in [2.75, 3.05) is 6.26 Å². The Balaban J connectivity index is 2.28. The van der Waals surface area contributed by atoms with Crippen molar-refractivity contribution in [2.24, 2.45) is 0 Å². The monoisotopic (exact) mass is 272 g/mol. The lowest BCUT2D eigenvalue weighted by molar-refractivity contribution is 0.527. The topological polar surface area (TPSA) is 38.9 Å². The SMILES string of the molecule is CSc1nc(Cl)cc(Sc2ccoc2C)n1.